The van der Waals surface area contributed by atoms with Gasteiger partial charge < -0.3 is 9.64 Å². The zero-order valence-corrected chi connectivity index (χ0v) is 14.0. The van der Waals surface area contributed by atoms with Gasteiger partial charge in [-0.25, -0.2) is 9.97 Å². The summed E-state index contributed by atoms with van der Waals surface area (Å²) < 4.78 is 7.61. The van der Waals surface area contributed by atoms with Crippen LogP contribution in [0.25, 0.3) is 0 Å². The van der Waals surface area contributed by atoms with Crippen LogP contribution in [0.4, 0.5) is 0 Å². The lowest BCUT2D eigenvalue weighted by Crippen LogP contribution is -2.46. The van der Waals surface area contributed by atoms with Crippen molar-refractivity contribution in [3.05, 3.63) is 42.2 Å². The third-order valence-corrected chi connectivity index (χ3v) is 4.19. The first kappa shape index (κ1) is 16.6. The third-order valence-electron chi connectivity index (χ3n) is 4.19. The lowest BCUT2D eigenvalue weighted by molar-refractivity contribution is -0.139. The number of morpholine rings is 1. The van der Waals surface area contributed by atoms with Crippen LogP contribution in [0.3, 0.4) is 0 Å². The minimum atomic E-state index is 0.0737. The van der Waals surface area contributed by atoms with E-state index in [1.54, 1.807) is 12.5 Å². The smallest absolute Gasteiger partial charge is 0.224 e. The Balaban J connectivity index is 1.45. The predicted molar refractivity (Wildman–Crippen MR) is 88.3 cm³/mol. The number of aryl methyl sites for hydroxylation is 3. The van der Waals surface area contributed by atoms with Crippen LogP contribution in [-0.2, 0) is 22.5 Å². The first-order valence-electron chi connectivity index (χ1n) is 8.35. The second-order valence-corrected chi connectivity index (χ2v) is 6.04. The van der Waals surface area contributed by atoms with Crippen LogP contribution in [0.1, 0.15) is 24.2 Å². The molecule has 2 aromatic heterocycles. The third kappa shape index (κ3) is 4.61. The number of hydrogen-bond acceptors (Lipinski definition) is 5. The molecule has 1 aliphatic heterocycles. The van der Waals surface area contributed by atoms with E-state index in [1.807, 2.05) is 34.8 Å². The summed E-state index contributed by atoms with van der Waals surface area (Å²) >= 11 is 0. The Bertz CT molecular complexity index is 658. The highest BCUT2D eigenvalue weighted by atomic mass is 16.5. The summed E-state index contributed by atoms with van der Waals surface area (Å²) in [6.07, 6.45) is 7.46. The largest absolute Gasteiger partial charge is 0.375 e. The van der Waals surface area contributed by atoms with E-state index >= 15 is 0 Å². The predicted octanol–water partition coefficient (Wildman–Crippen LogP) is 1.23. The molecular weight excluding hydrogens is 306 g/mol. The molecule has 0 aliphatic carbocycles. The Kier molecular flexibility index (Phi) is 5.53. The maximum Gasteiger partial charge on any atom is 0.224 e. The van der Waals surface area contributed by atoms with Crippen molar-refractivity contribution in [1.29, 1.82) is 0 Å². The fourth-order valence-electron chi connectivity index (χ4n) is 2.85. The van der Waals surface area contributed by atoms with Gasteiger partial charge in [0.25, 0.3) is 0 Å². The van der Waals surface area contributed by atoms with Crippen molar-refractivity contribution in [3.8, 4) is 0 Å². The van der Waals surface area contributed by atoms with Crippen molar-refractivity contribution in [2.24, 2.45) is 0 Å². The van der Waals surface area contributed by atoms with Gasteiger partial charge in [-0.15, -0.1) is 0 Å². The molecule has 24 heavy (non-hydrogen) atoms. The number of nitrogens with zero attached hydrogens (tertiary/aromatic N) is 5. The van der Waals surface area contributed by atoms with Crippen LogP contribution >= 0.6 is 0 Å². The zero-order chi connectivity index (χ0) is 16.8. The average molecular weight is 329 g/mol. The Labute approximate surface area is 141 Å². The number of rotatable bonds is 6. The summed E-state index contributed by atoms with van der Waals surface area (Å²) in [7, 11) is 0. The second kappa shape index (κ2) is 8.01. The van der Waals surface area contributed by atoms with Crippen LogP contribution in [0, 0.1) is 6.92 Å². The molecule has 7 nitrogen and oxygen atoms in total. The van der Waals surface area contributed by atoms with E-state index in [9.17, 15) is 4.79 Å². The molecule has 0 saturated carbocycles. The number of aromatic nitrogens is 4. The number of hydrogen-bond donors (Lipinski definition) is 0. The van der Waals surface area contributed by atoms with Crippen molar-refractivity contribution < 1.29 is 9.53 Å². The van der Waals surface area contributed by atoms with E-state index in [2.05, 4.69) is 15.1 Å². The number of carbonyl (C=O) groups excluding carboxylic acids is 1. The van der Waals surface area contributed by atoms with E-state index in [0.29, 0.717) is 32.7 Å². The van der Waals surface area contributed by atoms with Gasteiger partial charge in [-0.2, -0.15) is 5.10 Å². The molecular formula is C17H23N5O2. The molecule has 7 heteroatoms. The summed E-state index contributed by atoms with van der Waals surface area (Å²) in [6.45, 7) is 4.49. The fraction of sp³-hybridized carbons (Fsp3) is 0.529. The quantitative estimate of drug-likeness (QED) is 0.797. The van der Waals surface area contributed by atoms with Crippen molar-refractivity contribution in [2.75, 3.05) is 19.7 Å². The van der Waals surface area contributed by atoms with E-state index in [-0.39, 0.29) is 12.0 Å². The van der Waals surface area contributed by atoms with Gasteiger partial charge in [0, 0.05) is 44.1 Å². The maximum atomic E-state index is 12.4. The topological polar surface area (TPSA) is 73.1 Å². The molecule has 0 radical (unpaired) electrons. The van der Waals surface area contributed by atoms with Crippen LogP contribution in [0.5, 0.6) is 0 Å². The van der Waals surface area contributed by atoms with Gasteiger partial charge in [-0.1, -0.05) is 0 Å². The minimum Gasteiger partial charge on any atom is -0.375 e. The molecule has 3 heterocycles. The highest BCUT2D eigenvalue weighted by Gasteiger charge is 2.24. The van der Waals surface area contributed by atoms with E-state index < -0.39 is 0 Å². The molecule has 0 bridgehead atoms. The molecule has 1 aliphatic rings. The molecule has 1 amide bonds. The van der Waals surface area contributed by atoms with E-state index in [0.717, 1.165) is 24.2 Å². The molecule has 3 rings (SSSR count). The summed E-state index contributed by atoms with van der Waals surface area (Å²) in [5.74, 6) is 0.165. The standard InChI is InChI=1S/C17H23N5O2/c1-14-5-8-22(20-14)9-6-17(23)21-10-11-24-16(12-21)3-2-15-4-7-18-13-19-15/h4-5,7-8,13,16H,2-3,6,9-12H2,1H3/t16-/m0/s1. The Morgan fingerprint density at radius 1 is 1.42 bits per heavy atom. The summed E-state index contributed by atoms with van der Waals surface area (Å²) in [6, 6.07) is 3.86. The van der Waals surface area contributed by atoms with Gasteiger partial charge in [-0.3, -0.25) is 9.48 Å². The Morgan fingerprint density at radius 3 is 3.08 bits per heavy atom. The lowest BCUT2D eigenvalue weighted by Gasteiger charge is -2.33. The van der Waals surface area contributed by atoms with Gasteiger partial charge in [0.05, 0.1) is 18.4 Å². The Hall–Kier alpha value is -2.28. The van der Waals surface area contributed by atoms with Crippen LogP contribution in [0.15, 0.2) is 30.9 Å². The molecule has 1 fully saturated rings. The summed E-state index contributed by atoms with van der Waals surface area (Å²) in [5, 5.41) is 4.31. The minimum absolute atomic E-state index is 0.0737. The highest BCUT2D eigenvalue weighted by molar-refractivity contribution is 5.76. The molecule has 1 saturated heterocycles. The van der Waals surface area contributed by atoms with Crippen molar-refractivity contribution in [3.63, 3.8) is 0 Å². The van der Waals surface area contributed by atoms with Gasteiger partial charge in [-0.05, 0) is 31.9 Å². The number of amides is 1. The van der Waals surface area contributed by atoms with Crippen molar-refractivity contribution in [2.45, 2.75) is 38.8 Å². The SMILES string of the molecule is Cc1ccn(CCC(=O)N2CCO[C@@H](CCc3ccncn3)C2)n1. The van der Waals surface area contributed by atoms with Crippen LogP contribution in [0.2, 0.25) is 0 Å². The summed E-state index contributed by atoms with van der Waals surface area (Å²) in [5.41, 5.74) is 1.98. The first-order valence-corrected chi connectivity index (χ1v) is 8.35. The van der Waals surface area contributed by atoms with Gasteiger partial charge in [0.15, 0.2) is 0 Å². The summed E-state index contributed by atoms with van der Waals surface area (Å²) in [4.78, 5) is 22.5. The van der Waals surface area contributed by atoms with Crippen LogP contribution in [-0.4, -0.2) is 56.4 Å². The molecule has 0 unspecified atom stereocenters. The normalized spacial score (nSPS) is 17.9. The van der Waals surface area contributed by atoms with Crippen molar-refractivity contribution >= 4 is 5.91 Å². The lowest BCUT2D eigenvalue weighted by atomic mass is 10.1. The van der Waals surface area contributed by atoms with Gasteiger partial charge in [0.1, 0.15) is 6.33 Å². The number of ether oxygens (including phenoxy) is 1. The molecule has 1 atom stereocenters. The molecule has 128 valence electrons. The highest BCUT2D eigenvalue weighted by Crippen LogP contribution is 2.12. The van der Waals surface area contributed by atoms with Gasteiger partial charge >= 0.3 is 0 Å². The molecule has 2 aromatic rings. The molecule has 0 spiro atoms. The van der Waals surface area contributed by atoms with Crippen LogP contribution < -0.4 is 0 Å². The first-order chi connectivity index (χ1) is 11.7. The average Bonchev–Trinajstić information content (AvgIpc) is 3.04. The monoisotopic (exact) mass is 329 g/mol. The van der Waals surface area contributed by atoms with Crippen molar-refractivity contribution in [1.82, 2.24) is 24.6 Å². The molecule has 0 N–H and O–H groups in total. The fourth-order valence-corrected chi connectivity index (χ4v) is 2.85. The second-order valence-electron chi connectivity index (χ2n) is 6.04. The van der Waals surface area contributed by atoms with E-state index in [1.165, 1.54) is 0 Å². The Morgan fingerprint density at radius 2 is 2.33 bits per heavy atom. The maximum absolute atomic E-state index is 12.4. The van der Waals surface area contributed by atoms with Gasteiger partial charge in [0.2, 0.25) is 5.91 Å². The molecule has 0 aromatic carbocycles. The van der Waals surface area contributed by atoms with E-state index in [4.69, 9.17) is 4.74 Å². The number of carbonyl (C=O) groups is 1. The zero-order valence-electron chi connectivity index (χ0n) is 14.0.